The van der Waals surface area contributed by atoms with Crippen molar-refractivity contribution in [2.75, 3.05) is 7.11 Å². The van der Waals surface area contributed by atoms with Gasteiger partial charge in [-0.05, 0) is 28.8 Å². The van der Waals surface area contributed by atoms with E-state index in [0.717, 1.165) is 11.3 Å². The van der Waals surface area contributed by atoms with Crippen molar-refractivity contribution in [1.82, 2.24) is 0 Å². The second-order valence-corrected chi connectivity index (χ2v) is 5.25. The largest absolute Gasteiger partial charge is 0.497 e. The van der Waals surface area contributed by atoms with Crippen LogP contribution in [0, 0.1) is 0 Å². The third-order valence-electron chi connectivity index (χ3n) is 4.27. The molecule has 0 aliphatic heterocycles. The molecule has 2 heteroatoms. The van der Waals surface area contributed by atoms with Gasteiger partial charge in [0.1, 0.15) is 11.4 Å². The number of ether oxygens (including phenoxy) is 1. The topological polar surface area (TPSA) is 29.5 Å². The Bertz CT molecular complexity index is 591. The minimum Gasteiger partial charge on any atom is -0.497 e. The van der Waals surface area contributed by atoms with Crippen LogP contribution in [0.4, 0.5) is 0 Å². The number of methoxy groups -OCH3 is 1. The van der Waals surface area contributed by atoms with Crippen molar-refractivity contribution in [3.8, 4) is 5.75 Å². The first-order valence-electron chi connectivity index (χ1n) is 6.60. The quantitative estimate of drug-likeness (QED) is 0.891. The summed E-state index contributed by atoms with van der Waals surface area (Å²) < 4.78 is 5.27. The van der Waals surface area contributed by atoms with E-state index in [4.69, 9.17) is 4.74 Å². The molecule has 0 fully saturated rings. The lowest BCUT2D eigenvalue weighted by Crippen LogP contribution is -2.29. The molecule has 0 bridgehead atoms. The summed E-state index contributed by atoms with van der Waals surface area (Å²) in [6, 6.07) is 16.0. The maximum Gasteiger partial charge on any atom is 0.119 e. The third-order valence-corrected chi connectivity index (χ3v) is 4.27. The summed E-state index contributed by atoms with van der Waals surface area (Å²) >= 11 is 0. The van der Waals surface area contributed by atoms with Gasteiger partial charge in [-0.3, -0.25) is 0 Å². The number of hydrogen-bond acceptors (Lipinski definition) is 2. The van der Waals surface area contributed by atoms with Crippen LogP contribution >= 0.6 is 0 Å². The number of benzene rings is 2. The Kier molecular flexibility index (Phi) is 2.83. The summed E-state index contributed by atoms with van der Waals surface area (Å²) in [4.78, 5) is 0. The third kappa shape index (κ3) is 1.83. The molecule has 3 rings (SSSR count). The van der Waals surface area contributed by atoms with Gasteiger partial charge in [-0.25, -0.2) is 0 Å². The van der Waals surface area contributed by atoms with Crippen LogP contribution in [0.2, 0.25) is 0 Å². The zero-order valence-electron chi connectivity index (χ0n) is 11.3. The SMILES string of the molecule is COc1ccc2c(c1)C[C@@](O)(c1ccccc1)[C@H]2C. The summed E-state index contributed by atoms with van der Waals surface area (Å²) in [5.41, 5.74) is 2.57. The molecular weight excluding hydrogens is 236 g/mol. The van der Waals surface area contributed by atoms with Gasteiger partial charge in [0.15, 0.2) is 0 Å². The summed E-state index contributed by atoms with van der Waals surface area (Å²) in [6.07, 6.45) is 0.644. The molecule has 2 nitrogen and oxygen atoms in total. The number of fused-ring (bicyclic) bond motifs is 1. The Morgan fingerprint density at radius 2 is 1.89 bits per heavy atom. The molecule has 1 aliphatic carbocycles. The molecule has 1 N–H and O–H groups in total. The predicted octanol–water partition coefficient (Wildman–Crippen LogP) is 3.24. The van der Waals surface area contributed by atoms with Crippen LogP contribution < -0.4 is 4.74 Å². The lowest BCUT2D eigenvalue weighted by Gasteiger charge is -2.28. The van der Waals surface area contributed by atoms with E-state index in [9.17, 15) is 5.11 Å². The standard InChI is InChI=1S/C17H18O2/c1-12-16-9-8-15(19-2)10-13(16)11-17(12,18)14-6-4-3-5-7-14/h3-10,12,18H,11H2,1-2H3/t12-,17-/m0/s1. The fourth-order valence-corrected chi connectivity index (χ4v) is 3.06. The van der Waals surface area contributed by atoms with Crippen LogP contribution in [0.5, 0.6) is 5.75 Å². The molecule has 1 aliphatic rings. The molecule has 98 valence electrons. The van der Waals surface area contributed by atoms with Gasteiger partial charge in [-0.2, -0.15) is 0 Å². The predicted molar refractivity (Wildman–Crippen MR) is 75.5 cm³/mol. The Hall–Kier alpha value is -1.80. The first-order chi connectivity index (χ1) is 9.15. The number of rotatable bonds is 2. The van der Waals surface area contributed by atoms with Gasteiger partial charge in [-0.1, -0.05) is 43.3 Å². The summed E-state index contributed by atoms with van der Waals surface area (Å²) in [5.74, 6) is 0.944. The lowest BCUT2D eigenvalue weighted by molar-refractivity contribution is 0.0250. The van der Waals surface area contributed by atoms with Crippen molar-refractivity contribution in [3.05, 3.63) is 65.2 Å². The van der Waals surface area contributed by atoms with Crippen molar-refractivity contribution in [2.45, 2.75) is 24.9 Å². The van der Waals surface area contributed by atoms with Crippen molar-refractivity contribution in [3.63, 3.8) is 0 Å². The van der Waals surface area contributed by atoms with Gasteiger partial charge in [0.25, 0.3) is 0 Å². The maximum absolute atomic E-state index is 11.1. The van der Waals surface area contributed by atoms with Crippen LogP contribution in [0.3, 0.4) is 0 Å². The van der Waals surface area contributed by atoms with E-state index in [0.29, 0.717) is 6.42 Å². The summed E-state index contributed by atoms with van der Waals surface area (Å²) in [5, 5.41) is 11.1. The smallest absolute Gasteiger partial charge is 0.119 e. The molecule has 0 amide bonds. The van der Waals surface area contributed by atoms with E-state index in [1.54, 1.807) is 7.11 Å². The fourth-order valence-electron chi connectivity index (χ4n) is 3.06. The fraction of sp³-hybridized carbons (Fsp3) is 0.294. The molecule has 0 unspecified atom stereocenters. The highest BCUT2D eigenvalue weighted by Gasteiger charge is 2.43. The van der Waals surface area contributed by atoms with E-state index in [-0.39, 0.29) is 5.92 Å². The van der Waals surface area contributed by atoms with Crippen LogP contribution in [-0.2, 0) is 12.0 Å². The van der Waals surface area contributed by atoms with Crippen molar-refractivity contribution in [1.29, 1.82) is 0 Å². The summed E-state index contributed by atoms with van der Waals surface area (Å²) in [7, 11) is 1.67. The van der Waals surface area contributed by atoms with Crippen LogP contribution in [-0.4, -0.2) is 12.2 Å². The second kappa shape index (κ2) is 4.39. The molecule has 2 aromatic rings. The lowest BCUT2D eigenvalue weighted by atomic mass is 9.83. The first kappa shape index (κ1) is 12.2. The van der Waals surface area contributed by atoms with E-state index in [2.05, 4.69) is 13.0 Å². The highest BCUT2D eigenvalue weighted by Crippen LogP contribution is 2.47. The van der Waals surface area contributed by atoms with Crippen molar-refractivity contribution in [2.24, 2.45) is 0 Å². The molecule has 0 saturated carbocycles. The zero-order valence-corrected chi connectivity index (χ0v) is 11.3. The average molecular weight is 254 g/mol. The Balaban J connectivity index is 2.05. The highest BCUT2D eigenvalue weighted by molar-refractivity contribution is 5.46. The van der Waals surface area contributed by atoms with E-state index in [1.807, 2.05) is 42.5 Å². The van der Waals surface area contributed by atoms with E-state index >= 15 is 0 Å². The van der Waals surface area contributed by atoms with Crippen LogP contribution in [0.25, 0.3) is 0 Å². The highest BCUT2D eigenvalue weighted by atomic mass is 16.5. The molecule has 2 aromatic carbocycles. The second-order valence-electron chi connectivity index (χ2n) is 5.25. The molecular formula is C17H18O2. The van der Waals surface area contributed by atoms with Crippen LogP contribution in [0.1, 0.15) is 29.5 Å². The number of aliphatic hydroxyl groups is 1. The van der Waals surface area contributed by atoms with Gasteiger partial charge < -0.3 is 9.84 Å². The monoisotopic (exact) mass is 254 g/mol. The minimum absolute atomic E-state index is 0.0933. The van der Waals surface area contributed by atoms with Gasteiger partial charge in [0.2, 0.25) is 0 Å². The molecule has 0 heterocycles. The Morgan fingerprint density at radius 1 is 1.16 bits per heavy atom. The van der Waals surface area contributed by atoms with Crippen molar-refractivity contribution >= 4 is 0 Å². The van der Waals surface area contributed by atoms with Gasteiger partial charge in [0.05, 0.1) is 7.11 Å². The molecule has 2 atom stereocenters. The van der Waals surface area contributed by atoms with Gasteiger partial charge in [-0.15, -0.1) is 0 Å². The molecule has 0 saturated heterocycles. The van der Waals surface area contributed by atoms with E-state index in [1.165, 1.54) is 11.1 Å². The molecule has 0 radical (unpaired) electrons. The van der Waals surface area contributed by atoms with Gasteiger partial charge in [0, 0.05) is 12.3 Å². The Morgan fingerprint density at radius 3 is 2.58 bits per heavy atom. The van der Waals surface area contributed by atoms with Crippen molar-refractivity contribution < 1.29 is 9.84 Å². The average Bonchev–Trinajstić information content (AvgIpc) is 2.72. The minimum atomic E-state index is -0.810. The van der Waals surface area contributed by atoms with Gasteiger partial charge >= 0.3 is 0 Å². The van der Waals surface area contributed by atoms with E-state index < -0.39 is 5.60 Å². The molecule has 0 spiro atoms. The summed E-state index contributed by atoms with van der Waals surface area (Å²) in [6.45, 7) is 2.09. The first-order valence-corrected chi connectivity index (χ1v) is 6.60. The molecule has 0 aromatic heterocycles. The van der Waals surface area contributed by atoms with Crippen LogP contribution in [0.15, 0.2) is 48.5 Å². The normalized spacial score (nSPS) is 25.1. The number of hydrogen-bond donors (Lipinski definition) is 1. The molecule has 19 heavy (non-hydrogen) atoms. The zero-order chi connectivity index (χ0) is 13.5. The Labute approximate surface area is 113 Å². The maximum atomic E-state index is 11.1.